The summed E-state index contributed by atoms with van der Waals surface area (Å²) < 4.78 is 11.2. The van der Waals surface area contributed by atoms with Gasteiger partial charge >= 0.3 is 11.9 Å². The number of esters is 2. The van der Waals surface area contributed by atoms with Gasteiger partial charge in [0.25, 0.3) is 0 Å². The Labute approximate surface area is 163 Å². The Balaban J connectivity index is 2.95. The van der Waals surface area contributed by atoms with Crippen LogP contribution in [-0.4, -0.2) is 35.4 Å². The van der Waals surface area contributed by atoms with Gasteiger partial charge in [0.1, 0.15) is 12.2 Å². The second-order valence-corrected chi connectivity index (χ2v) is 8.20. The maximum absolute atomic E-state index is 12.3. The maximum atomic E-state index is 12.3. The molecule has 0 bridgehead atoms. The lowest BCUT2D eigenvalue weighted by molar-refractivity contribution is -0.155. The van der Waals surface area contributed by atoms with E-state index in [2.05, 4.69) is 6.92 Å². The van der Waals surface area contributed by atoms with Gasteiger partial charge in [-0.25, -0.2) is 4.79 Å². The van der Waals surface area contributed by atoms with E-state index in [0.717, 1.165) is 5.57 Å². The molecule has 0 aliphatic heterocycles. The number of aliphatic hydroxyl groups excluding tert-OH is 1. The molecule has 0 amide bonds. The van der Waals surface area contributed by atoms with Gasteiger partial charge in [0.15, 0.2) is 0 Å². The molecule has 0 radical (unpaired) electrons. The zero-order chi connectivity index (χ0) is 20.7. The summed E-state index contributed by atoms with van der Waals surface area (Å²) in [5.41, 5.74) is 1.67. The van der Waals surface area contributed by atoms with Crippen LogP contribution in [-0.2, 0) is 19.1 Å². The van der Waals surface area contributed by atoms with Crippen molar-refractivity contribution in [2.24, 2.45) is 17.8 Å². The third kappa shape index (κ3) is 7.49. The molecule has 0 saturated heterocycles. The molecule has 27 heavy (non-hydrogen) atoms. The normalized spacial score (nSPS) is 28.1. The summed E-state index contributed by atoms with van der Waals surface area (Å²) in [4.78, 5) is 23.7. The Hall–Kier alpha value is -1.62. The first-order valence-corrected chi connectivity index (χ1v) is 9.89. The van der Waals surface area contributed by atoms with Gasteiger partial charge in [-0.3, -0.25) is 4.79 Å². The fraction of sp³-hybridized carbons (Fsp3) is 0.727. The van der Waals surface area contributed by atoms with Crippen LogP contribution >= 0.6 is 0 Å². The average Bonchev–Trinajstić information content (AvgIpc) is 2.55. The average molecular weight is 381 g/mol. The van der Waals surface area contributed by atoms with Crippen LogP contribution in [0.5, 0.6) is 0 Å². The quantitative estimate of drug-likeness (QED) is 0.407. The lowest BCUT2D eigenvalue weighted by atomic mass is 9.72. The monoisotopic (exact) mass is 380 g/mol. The molecule has 1 rings (SSSR count). The summed E-state index contributed by atoms with van der Waals surface area (Å²) in [6, 6.07) is 0. The van der Waals surface area contributed by atoms with Crippen LogP contribution in [0.25, 0.3) is 0 Å². The molecule has 1 saturated carbocycles. The van der Waals surface area contributed by atoms with Crippen molar-refractivity contribution < 1.29 is 24.2 Å². The fourth-order valence-corrected chi connectivity index (χ4v) is 3.72. The summed E-state index contributed by atoms with van der Waals surface area (Å²) >= 11 is 0. The molecule has 6 atom stereocenters. The van der Waals surface area contributed by atoms with E-state index >= 15 is 0 Å². The molecular weight excluding hydrogens is 344 g/mol. The number of hydrogen-bond acceptors (Lipinski definition) is 5. The van der Waals surface area contributed by atoms with Crippen LogP contribution in [0.3, 0.4) is 0 Å². The number of allylic oxidation sites excluding steroid dienone is 2. The highest BCUT2D eigenvalue weighted by Crippen LogP contribution is 2.38. The Kier molecular flexibility index (Phi) is 9.23. The second-order valence-electron chi connectivity index (χ2n) is 8.20. The van der Waals surface area contributed by atoms with E-state index in [4.69, 9.17) is 9.47 Å². The third-order valence-corrected chi connectivity index (χ3v) is 5.44. The molecule has 0 aromatic heterocycles. The molecule has 154 valence electrons. The Morgan fingerprint density at radius 3 is 2.33 bits per heavy atom. The van der Waals surface area contributed by atoms with Crippen molar-refractivity contribution in [2.45, 2.75) is 86.0 Å². The van der Waals surface area contributed by atoms with Gasteiger partial charge in [0.05, 0.1) is 6.10 Å². The number of ether oxygens (including phenoxy) is 2. The second kappa shape index (κ2) is 10.6. The van der Waals surface area contributed by atoms with Crippen LogP contribution < -0.4 is 0 Å². The van der Waals surface area contributed by atoms with E-state index in [1.807, 2.05) is 33.8 Å². The van der Waals surface area contributed by atoms with E-state index in [-0.39, 0.29) is 41.9 Å². The largest absolute Gasteiger partial charge is 0.459 e. The summed E-state index contributed by atoms with van der Waals surface area (Å²) in [6.45, 7) is 13.0. The lowest BCUT2D eigenvalue weighted by Crippen LogP contribution is -2.43. The molecule has 1 N–H and O–H groups in total. The van der Waals surface area contributed by atoms with Crippen molar-refractivity contribution in [2.75, 3.05) is 0 Å². The van der Waals surface area contributed by atoms with Gasteiger partial charge in [-0.15, -0.1) is 0 Å². The maximum Gasteiger partial charge on any atom is 0.333 e. The first kappa shape index (κ1) is 23.4. The molecule has 0 heterocycles. The number of carbonyl (C=O) groups excluding carboxylic acids is 2. The first-order valence-electron chi connectivity index (χ1n) is 9.89. The third-order valence-electron chi connectivity index (χ3n) is 5.44. The van der Waals surface area contributed by atoms with E-state index in [0.29, 0.717) is 24.8 Å². The standard InChI is InChI=1S/C22H36O5/c1-8-14(4)22(25)27-21-11-16(6)20(24)12-19(21)15(5)10-18(9-13(2)3)26-17(7)23/h8-9,15-16,18-21,24H,10-12H2,1-7H3/b14-8-/t15-,16-,18+,19-,20+,21+/m0/s1. The van der Waals surface area contributed by atoms with Crippen LogP contribution in [0.2, 0.25) is 0 Å². The highest BCUT2D eigenvalue weighted by Gasteiger charge is 2.40. The van der Waals surface area contributed by atoms with Crippen molar-refractivity contribution in [3.8, 4) is 0 Å². The van der Waals surface area contributed by atoms with Crippen molar-refractivity contribution in [1.82, 2.24) is 0 Å². The Bertz CT molecular complexity index is 573. The van der Waals surface area contributed by atoms with Crippen molar-refractivity contribution in [3.05, 3.63) is 23.3 Å². The summed E-state index contributed by atoms with van der Waals surface area (Å²) in [7, 11) is 0. The molecule has 1 aliphatic rings. The minimum atomic E-state index is -0.411. The minimum absolute atomic E-state index is 0.0217. The molecule has 1 aliphatic carbocycles. The Morgan fingerprint density at radius 2 is 1.81 bits per heavy atom. The molecule has 0 aromatic rings. The van der Waals surface area contributed by atoms with Gasteiger partial charge in [0.2, 0.25) is 0 Å². The van der Waals surface area contributed by atoms with Crippen LogP contribution in [0.15, 0.2) is 23.3 Å². The smallest absolute Gasteiger partial charge is 0.333 e. The zero-order valence-corrected chi connectivity index (χ0v) is 17.8. The van der Waals surface area contributed by atoms with Crippen molar-refractivity contribution in [1.29, 1.82) is 0 Å². The predicted octanol–water partition coefficient (Wildman–Crippen LogP) is 4.20. The van der Waals surface area contributed by atoms with Gasteiger partial charge in [0, 0.05) is 18.4 Å². The number of carbonyl (C=O) groups is 2. The zero-order valence-electron chi connectivity index (χ0n) is 17.8. The van der Waals surface area contributed by atoms with E-state index in [9.17, 15) is 14.7 Å². The molecule has 0 unspecified atom stereocenters. The summed E-state index contributed by atoms with van der Waals surface area (Å²) in [5, 5.41) is 10.4. The fourth-order valence-electron chi connectivity index (χ4n) is 3.72. The van der Waals surface area contributed by atoms with Gasteiger partial charge in [-0.05, 0) is 64.9 Å². The minimum Gasteiger partial charge on any atom is -0.459 e. The SMILES string of the molecule is C/C=C(/C)C(=O)O[C@@H]1C[C@H](C)[C@H](O)C[C@H]1[C@@H](C)C[C@@H](C=C(C)C)OC(C)=O. The number of hydrogen-bond donors (Lipinski definition) is 1. The topological polar surface area (TPSA) is 72.8 Å². The van der Waals surface area contributed by atoms with Crippen LogP contribution in [0.4, 0.5) is 0 Å². The highest BCUT2D eigenvalue weighted by molar-refractivity contribution is 5.87. The molecule has 5 nitrogen and oxygen atoms in total. The molecule has 1 fully saturated rings. The molecule has 5 heteroatoms. The molecule has 0 spiro atoms. The van der Waals surface area contributed by atoms with E-state index in [1.165, 1.54) is 6.92 Å². The van der Waals surface area contributed by atoms with Crippen LogP contribution in [0.1, 0.15) is 67.7 Å². The van der Waals surface area contributed by atoms with Gasteiger partial charge in [-0.1, -0.05) is 25.5 Å². The van der Waals surface area contributed by atoms with Gasteiger partial charge in [-0.2, -0.15) is 0 Å². The predicted molar refractivity (Wildman–Crippen MR) is 106 cm³/mol. The van der Waals surface area contributed by atoms with Crippen molar-refractivity contribution >= 4 is 11.9 Å². The Morgan fingerprint density at radius 1 is 1.19 bits per heavy atom. The number of aliphatic hydroxyl groups is 1. The molecular formula is C22H36O5. The van der Waals surface area contributed by atoms with E-state index < -0.39 is 6.10 Å². The lowest BCUT2D eigenvalue weighted by Gasteiger charge is -2.41. The number of rotatable bonds is 7. The summed E-state index contributed by atoms with van der Waals surface area (Å²) in [5.74, 6) is -0.388. The van der Waals surface area contributed by atoms with Gasteiger partial charge < -0.3 is 14.6 Å². The van der Waals surface area contributed by atoms with Crippen LogP contribution in [0, 0.1) is 17.8 Å². The van der Waals surface area contributed by atoms with E-state index in [1.54, 1.807) is 13.0 Å². The summed E-state index contributed by atoms with van der Waals surface area (Å²) in [6.07, 6.45) is 4.58. The molecule has 0 aromatic carbocycles. The first-order chi connectivity index (χ1) is 12.5. The highest BCUT2D eigenvalue weighted by atomic mass is 16.5. The van der Waals surface area contributed by atoms with Crippen molar-refractivity contribution in [3.63, 3.8) is 0 Å².